The van der Waals surface area contributed by atoms with Crippen molar-refractivity contribution in [3.05, 3.63) is 35.9 Å². The zero-order valence-electron chi connectivity index (χ0n) is 13.2. The normalized spacial score (nSPS) is 37.6. The van der Waals surface area contributed by atoms with Crippen LogP contribution in [0.4, 0.5) is 0 Å². The van der Waals surface area contributed by atoms with Crippen molar-refractivity contribution in [3.8, 4) is 0 Å². The quantitative estimate of drug-likeness (QED) is 0.853. The zero-order valence-corrected chi connectivity index (χ0v) is 13.2. The average Bonchev–Trinajstić information content (AvgIpc) is 2.86. The van der Waals surface area contributed by atoms with Crippen molar-refractivity contribution in [1.82, 2.24) is 0 Å². The van der Waals surface area contributed by atoms with Crippen LogP contribution < -0.4 is 0 Å². The van der Waals surface area contributed by atoms with Crippen LogP contribution in [0.2, 0.25) is 0 Å². The molecule has 0 bridgehead atoms. The van der Waals surface area contributed by atoms with Crippen molar-refractivity contribution in [3.63, 3.8) is 0 Å². The van der Waals surface area contributed by atoms with Gasteiger partial charge in [-0.15, -0.1) is 0 Å². The smallest absolute Gasteiger partial charge is 0.190 e. The van der Waals surface area contributed by atoms with Crippen molar-refractivity contribution >= 4 is 0 Å². The molecule has 2 fully saturated rings. The van der Waals surface area contributed by atoms with Crippen LogP contribution in [0.15, 0.2) is 30.3 Å². The van der Waals surface area contributed by atoms with Gasteiger partial charge in [-0.3, -0.25) is 0 Å². The largest absolute Gasteiger partial charge is 0.368 e. The van der Waals surface area contributed by atoms with Gasteiger partial charge in [0.25, 0.3) is 0 Å². The van der Waals surface area contributed by atoms with Crippen molar-refractivity contribution in [2.24, 2.45) is 0 Å². The van der Waals surface area contributed by atoms with Crippen molar-refractivity contribution in [1.29, 1.82) is 0 Å². The molecule has 2 aliphatic rings. The SMILES string of the molecule is CC[C@@]1(C)O[C@@H]2OC(C)(C)O[C@H]2C1OCc1ccccc1. The molecule has 1 aromatic rings. The van der Waals surface area contributed by atoms with E-state index in [0.717, 1.165) is 12.0 Å². The van der Waals surface area contributed by atoms with Crippen LogP contribution in [0.3, 0.4) is 0 Å². The zero-order chi connectivity index (χ0) is 15.1. The van der Waals surface area contributed by atoms with Gasteiger partial charge in [0.2, 0.25) is 0 Å². The molecule has 21 heavy (non-hydrogen) atoms. The molecule has 0 spiro atoms. The fourth-order valence-corrected chi connectivity index (χ4v) is 3.05. The van der Waals surface area contributed by atoms with Crippen LogP contribution in [0.25, 0.3) is 0 Å². The molecular weight excluding hydrogens is 268 g/mol. The van der Waals surface area contributed by atoms with Crippen LogP contribution >= 0.6 is 0 Å². The van der Waals surface area contributed by atoms with E-state index in [-0.39, 0.29) is 24.1 Å². The lowest BCUT2D eigenvalue weighted by Crippen LogP contribution is -2.44. The van der Waals surface area contributed by atoms with E-state index in [0.29, 0.717) is 6.61 Å². The molecular formula is C17H24O4. The van der Waals surface area contributed by atoms with Gasteiger partial charge < -0.3 is 18.9 Å². The molecule has 2 saturated heterocycles. The lowest BCUT2D eigenvalue weighted by atomic mass is 9.94. The van der Waals surface area contributed by atoms with Gasteiger partial charge in [0, 0.05) is 0 Å². The molecule has 0 radical (unpaired) electrons. The minimum Gasteiger partial charge on any atom is -0.368 e. The Morgan fingerprint density at radius 2 is 1.76 bits per heavy atom. The van der Waals surface area contributed by atoms with Crippen LogP contribution in [0.5, 0.6) is 0 Å². The van der Waals surface area contributed by atoms with E-state index < -0.39 is 5.79 Å². The predicted molar refractivity (Wildman–Crippen MR) is 78.6 cm³/mol. The first-order valence-electron chi connectivity index (χ1n) is 7.62. The molecule has 0 saturated carbocycles. The fraction of sp³-hybridized carbons (Fsp3) is 0.647. The lowest BCUT2D eigenvalue weighted by Gasteiger charge is -2.33. The molecule has 0 N–H and O–H groups in total. The highest BCUT2D eigenvalue weighted by molar-refractivity contribution is 5.14. The van der Waals surface area contributed by atoms with Gasteiger partial charge in [-0.05, 0) is 32.8 Å². The Kier molecular flexibility index (Phi) is 3.82. The summed E-state index contributed by atoms with van der Waals surface area (Å²) in [5.41, 5.74) is 0.776. The number of ether oxygens (including phenoxy) is 4. The summed E-state index contributed by atoms with van der Waals surface area (Å²) in [7, 11) is 0. The third kappa shape index (κ3) is 2.86. The fourth-order valence-electron chi connectivity index (χ4n) is 3.05. The summed E-state index contributed by atoms with van der Waals surface area (Å²) in [5, 5.41) is 0. The summed E-state index contributed by atoms with van der Waals surface area (Å²) in [4.78, 5) is 0. The lowest BCUT2D eigenvalue weighted by molar-refractivity contribution is -0.241. The Labute approximate surface area is 126 Å². The molecule has 2 heterocycles. The molecule has 116 valence electrons. The summed E-state index contributed by atoms with van der Waals surface area (Å²) < 4.78 is 24.1. The van der Waals surface area contributed by atoms with E-state index in [1.807, 2.05) is 32.0 Å². The second-order valence-electron chi connectivity index (χ2n) is 6.47. The molecule has 3 rings (SSSR count). The predicted octanol–water partition coefficient (Wildman–Crippen LogP) is 3.25. The van der Waals surface area contributed by atoms with E-state index in [1.165, 1.54) is 0 Å². The number of benzene rings is 1. The first kappa shape index (κ1) is 15.0. The number of hydrogen-bond donors (Lipinski definition) is 0. The monoisotopic (exact) mass is 292 g/mol. The molecule has 4 nitrogen and oxygen atoms in total. The van der Waals surface area contributed by atoms with Gasteiger partial charge in [-0.25, -0.2) is 0 Å². The Bertz CT molecular complexity index is 487. The summed E-state index contributed by atoms with van der Waals surface area (Å²) in [6, 6.07) is 10.2. The summed E-state index contributed by atoms with van der Waals surface area (Å²) >= 11 is 0. The Morgan fingerprint density at radius 3 is 2.43 bits per heavy atom. The minimum absolute atomic E-state index is 0.130. The number of fused-ring (bicyclic) bond motifs is 1. The molecule has 0 aliphatic carbocycles. The van der Waals surface area contributed by atoms with Gasteiger partial charge in [-0.2, -0.15) is 0 Å². The Hall–Kier alpha value is -0.940. The first-order valence-corrected chi connectivity index (χ1v) is 7.62. The maximum absolute atomic E-state index is 6.17. The molecule has 1 unspecified atom stereocenters. The molecule has 4 atom stereocenters. The van der Waals surface area contributed by atoms with Crippen LogP contribution in [0, 0.1) is 0 Å². The average molecular weight is 292 g/mol. The van der Waals surface area contributed by atoms with Crippen molar-refractivity contribution in [2.75, 3.05) is 0 Å². The van der Waals surface area contributed by atoms with E-state index in [1.54, 1.807) is 0 Å². The van der Waals surface area contributed by atoms with Gasteiger partial charge >= 0.3 is 0 Å². The van der Waals surface area contributed by atoms with Gasteiger partial charge in [0.15, 0.2) is 12.1 Å². The summed E-state index contributed by atoms with van der Waals surface area (Å²) in [6.07, 6.45) is 0.209. The molecule has 0 aromatic heterocycles. The van der Waals surface area contributed by atoms with Gasteiger partial charge in [0.1, 0.15) is 12.2 Å². The number of hydrogen-bond acceptors (Lipinski definition) is 4. The van der Waals surface area contributed by atoms with E-state index in [2.05, 4.69) is 26.0 Å². The topological polar surface area (TPSA) is 36.9 Å². The maximum Gasteiger partial charge on any atom is 0.190 e. The minimum atomic E-state index is -0.612. The highest BCUT2D eigenvalue weighted by atomic mass is 16.8. The van der Waals surface area contributed by atoms with E-state index in [9.17, 15) is 0 Å². The third-order valence-corrected chi connectivity index (χ3v) is 4.35. The summed E-state index contributed by atoms with van der Waals surface area (Å²) in [5.74, 6) is -0.612. The number of rotatable bonds is 4. The Balaban J connectivity index is 1.74. The van der Waals surface area contributed by atoms with Crippen LogP contribution in [-0.4, -0.2) is 29.9 Å². The highest BCUT2D eigenvalue weighted by Crippen LogP contribution is 2.45. The first-order chi connectivity index (χ1) is 9.93. The van der Waals surface area contributed by atoms with Crippen LogP contribution in [-0.2, 0) is 25.6 Å². The molecule has 1 aromatic carbocycles. The maximum atomic E-state index is 6.17. The molecule has 4 heteroatoms. The van der Waals surface area contributed by atoms with Gasteiger partial charge in [0.05, 0.1) is 12.2 Å². The van der Waals surface area contributed by atoms with Crippen molar-refractivity contribution in [2.45, 2.75) is 70.6 Å². The van der Waals surface area contributed by atoms with Gasteiger partial charge in [-0.1, -0.05) is 37.3 Å². The second kappa shape index (κ2) is 5.36. The van der Waals surface area contributed by atoms with Crippen molar-refractivity contribution < 1.29 is 18.9 Å². The second-order valence-corrected chi connectivity index (χ2v) is 6.47. The summed E-state index contributed by atoms with van der Waals surface area (Å²) in [6.45, 7) is 8.54. The standard InChI is InChI=1S/C17H24O4/c1-5-17(4)14(18-11-12-9-7-6-8-10-12)13-15(21-17)20-16(2,3)19-13/h6-10,13-15H,5,11H2,1-4H3/t13-,14?,15-,17+/m0/s1. The van der Waals surface area contributed by atoms with E-state index in [4.69, 9.17) is 18.9 Å². The highest BCUT2D eigenvalue weighted by Gasteiger charge is 2.59. The van der Waals surface area contributed by atoms with E-state index >= 15 is 0 Å². The molecule has 0 amide bonds. The third-order valence-electron chi connectivity index (χ3n) is 4.35. The molecule has 2 aliphatic heterocycles. The Morgan fingerprint density at radius 1 is 1.05 bits per heavy atom. The van der Waals surface area contributed by atoms with Crippen LogP contribution in [0.1, 0.15) is 39.7 Å².